The lowest BCUT2D eigenvalue weighted by Gasteiger charge is -2.26. The highest BCUT2D eigenvalue weighted by atomic mass is 79.9. The maximum Gasteiger partial charge on any atom is 0.306 e. The summed E-state index contributed by atoms with van der Waals surface area (Å²) >= 11 is 3.46. The third kappa shape index (κ3) is 2.52. The van der Waals surface area contributed by atoms with Gasteiger partial charge in [-0.15, -0.1) is 0 Å². The zero-order chi connectivity index (χ0) is 13.4. The van der Waals surface area contributed by atoms with Crippen molar-refractivity contribution in [1.29, 1.82) is 0 Å². The normalized spacial score (nSPS) is 23.6. The Morgan fingerprint density at radius 2 is 2.05 bits per heavy atom. The van der Waals surface area contributed by atoms with Crippen LogP contribution in [0.5, 0.6) is 0 Å². The lowest BCUT2D eigenvalue weighted by molar-refractivity contribution is -0.143. The van der Waals surface area contributed by atoms with Crippen molar-refractivity contribution in [3.05, 3.63) is 28.9 Å². The fourth-order valence-corrected chi connectivity index (χ4v) is 3.17. The summed E-state index contributed by atoms with van der Waals surface area (Å²) in [6.07, 6.45) is 5.35. The first-order chi connectivity index (χ1) is 9.13. The molecule has 0 bridgehead atoms. The molecule has 19 heavy (non-hydrogen) atoms. The van der Waals surface area contributed by atoms with Gasteiger partial charge in [-0.3, -0.25) is 9.48 Å². The van der Waals surface area contributed by atoms with E-state index in [2.05, 4.69) is 33.3 Å². The highest BCUT2D eigenvalue weighted by Gasteiger charge is 2.27. The van der Waals surface area contributed by atoms with Gasteiger partial charge in [0.25, 0.3) is 0 Å². The minimum Gasteiger partial charge on any atom is -0.481 e. The van der Waals surface area contributed by atoms with E-state index in [0.29, 0.717) is 6.04 Å². The summed E-state index contributed by atoms with van der Waals surface area (Å²) in [5, 5.41) is 14.7. The minimum atomic E-state index is -0.659. The Morgan fingerprint density at radius 3 is 2.74 bits per heavy atom. The molecule has 0 spiro atoms. The van der Waals surface area contributed by atoms with Crippen LogP contribution in [0.1, 0.15) is 31.7 Å². The summed E-state index contributed by atoms with van der Waals surface area (Å²) in [5.41, 5.74) is 0.989. The van der Waals surface area contributed by atoms with Crippen LogP contribution in [0.25, 0.3) is 10.9 Å². The molecular weight excluding hydrogens is 308 g/mol. The lowest BCUT2D eigenvalue weighted by atomic mass is 9.86. The van der Waals surface area contributed by atoms with Crippen LogP contribution in [0.15, 0.2) is 28.9 Å². The minimum absolute atomic E-state index is 0.171. The molecule has 0 unspecified atom stereocenters. The summed E-state index contributed by atoms with van der Waals surface area (Å²) in [6, 6.07) is 6.38. The quantitative estimate of drug-likeness (QED) is 0.918. The van der Waals surface area contributed by atoms with Gasteiger partial charge in [-0.1, -0.05) is 15.9 Å². The average Bonchev–Trinajstić information content (AvgIpc) is 2.81. The van der Waals surface area contributed by atoms with Gasteiger partial charge in [-0.2, -0.15) is 5.10 Å². The first-order valence-corrected chi connectivity index (χ1v) is 7.30. The molecule has 0 amide bonds. The second-order valence-electron chi connectivity index (χ2n) is 5.16. The number of carboxylic acids is 1. The van der Waals surface area contributed by atoms with Crippen LogP contribution in [-0.4, -0.2) is 20.9 Å². The van der Waals surface area contributed by atoms with Gasteiger partial charge in [0.15, 0.2) is 0 Å². The Balaban J connectivity index is 1.80. The number of aromatic nitrogens is 2. The van der Waals surface area contributed by atoms with E-state index in [1.165, 1.54) is 0 Å². The SMILES string of the molecule is O=C(O)[C@H]1CC[C@H](n2cc3cc(Br)ccc3n2)CC1. The Kier molecular flexibility index (Phi) is 3.31. The fraction of sp³-hybridized carbons (Fsp3) is 0.429. The van der Waals surface area contributed by atoms with Crippen molar-refractivity contribution in [2.24, 2.45) is 5.92 Å². The molecule has 0 saturated heterocycles. The second-order valence-corrected chi connectivity index (χ2v) is 6.07. The molecule has 2 aromatic rings. The number of benzene rings is 1. The Labute approximate surface area is 119 Å². The maximum atomic E-state index is 10.9. The number of hydrogen-bond donors (Lipinski definition) is 1. The summed E-state index contributed by atoms with van der Waals surface area (Å²) in [7, 11) is 0. The molecule has 1 saturated carbocycles. The van der Waals surface area contributed by atoms with Crippen molar-refractivity contribution in [2.45, 2.75) is 31.7 Å². The number of nitrogens with zero attached hydrogens (tertiary/aromatic N) is 2. The van der Waals surface area contributed by atoms with Crippen molar-refractivity contribution in [3.63, 3.8) is 0 Å². The summed E-state index contributed by atoms with van der Waals surface area (Å²) in [6.45, 7) is 0. The molecule has 3 rings (SSSR count). The van der Waals surface area contributed by atoms with Gasteiger partial charge in [0.05, 0.1) is 17.5 Å². The number of aliphatic carboxylic acids is 1. The first-order valence-electron chi connectivity index (χ1n) is 6.51. The number of carboxylic acid groups (broad SMARTS) is 1. The summed E-state index contributed by atoms with van der Waals surface area (Å²) < 4.78 is 3.06. The van der Waals surface area contributed by atoms with Gasteiger partial charge in [0.2, 0.25) is 0 Å². The van der Waals surface area contributed by atoms with Gasteiger partial charge in [-0.05, 0) is 43.9 Å². The van der Waals surface area contributed by atoms with E-state index in [0.717, 1.165) is 41.1 Å². The molecular formula is C14H15BrN2O2. The molecule has 0 aliphatic heterocycles. The van der Waals surface area contributed by atoms with Gasteiger partial charge in [0.1, 0.15) is 0 Å². The Morgan fingerprint density at radius 1 is 1.32 bits per heavy atom. The number of hydrogen-bond acceptors (Lipinski definition) is 2. The predicted molar refractivity (Wildman–Crippen MR) is 76.1 cm³/mol. The van der Waals surface area contributed by atoms with Crippen LogP contribution in [0.2, 0.25) is 0 Å². The van der Waals surface area contributed by atoms with Gasteiger partial charge in [0, 0.05) is 16.1 Å². The van der Waals surface area contributed by atoms with Crippen LogP contribution in [0.4, 0.5) is 0 Å². The highest BCUT2D eigenvalue weighted by molar-refractivity contribution is 9.10. The molecule has 1 aromatic heterocycles. The van der Waals surface area contributed by atoms with E-state index in [9.17, 15) is 4.79 Å². The predicted octanol–water partition coefficient (Wildman–Crippen LogP) is 3.61. The monoisotopic (exact) mass is 322 g/mol. The molecule has 1 heterocycles. The molecule has 1 aliphatic rings. The largest absolute Gasteiger partial charge is 0.481 e. The van der Waals surface area contributed by atoms with Crippen LogP contribution in [-0.2, 0) is 4.79 Å². The molecule has 1 fully saturated rings. The lowest BCUT2D eigenvalue weighted by Crippen LogP contribution is -2.23. The Hall–Kier alpha value is -1.36. The van der Waals surface area contributed by atoms with Crippen LogP contribution in [0.3, 0.4) is 0 Å². The molecule has 0 atom stereocenters. The fourth-order valence-electron chi connectivity index (χ4n) is 2.79. The van der Waals surface area contributed by atoms with Crippen LogP contribution in [0, 0.1) is 5.92 Å². The van der Waals surface area contributed by atoms with E-state index in [1.807, 2.05) is 16.8 Å². The molecule has 1 N–H and O–H groups in total. The second kappa shape index (κ2) is 4.96. The van der Waals surface area contributed by atoms with Gasteiger partial charge < -0.3 is 5.11 Å². The average molecular weight is 323 g/mol. The molecule has 4 nitrogen and oxygen atoms in total. The van der Waals surface area contributed by atoms with Crippen molar-refractivity contribution in [3.8, 4) is 0 Å². The van der Waals surface area contributed by atoms with Crippen LogP contribution >= 0.6 is 15.9 Å². The van der Waals surface area contributed by atoms with Gasteiger partial charge >= 0.3 is 5.97 Å². The van der Waals surface area contributed by atoms with E-state index in [1.54, 1.807) is 0 Å². The number of carbonyl (C=O) groups is 1. The molecule has 1 aliphatic carbocycles. The zero-order valence-corrected chi connectivity index (χ0v) is 12.0. The molecule has 1 aromatic carbocycles. The van der Waals surface area contributed by atoms with Crippen LogP contribution < -0.4 is 0 Å². The van der Waals surface area contributed by atoms with E-state index >= 15 is 0 Å². The highest BCUT2D eigenvalue weighted by Crippen LogP contribution is 2.33. The number of rotatable bonds is 2. The first kappa shape index (κ1) is 12.7. The summed E-state index contributed by atoms with van der Waals surface area (Å²) in [4.78, 5) is 10.9. The van der Waals surface area contributed by atoms with Crippen molar-refractivity contribution >= 4 is 32.8 Å². The molecule has 100 valence electrons. The smallest absolute Gasteiger partial charge is 0.306 e. The molecule has 0 radical (unpaired) electrons. The number of halogens is 1. The third-order valence-electron chi connectivity index (χ3n) is 3.90. The number of fused-ring (bicyclic) bond motifs is 1. The van der Waals surface area contributed by atoms with Gasteiger partial charge in [-0.25, -0.2) is 0 Å². The maximum absolute atomic E-state index is 10.9. The van der Waals surface area contributed by atoms with E-state index < -0.39 is 5.97 Å². The Bertz CT molecular complexity index is 615. The summed E-state index contributed by atoms with van der Waals surface area (Å²) in [5.74, 6) is -0.830. The standard InChI is InChI=1S/C14H15BrN2O2/c15-11-3-6-13-10(7-11)8-17(16-13)12-4-1-9(2-5-12)14(18)19/h3,6-9,12H,1-2,4-5H2,(H,18,19)/t9-,12-. The van der Waals surface area contributed by atoms with Crippen molar-refractivity contribution in [1.82, 2.24) is 9.78 Å². The topological polar surface area (TPSA) is 55.1 Å². The zero-order valence-electron chi connectivity index (χ0n) is 10.4. The molecule has 5 heteroatoms. The third-order valence-corrected chi connectivity index (χ3v) is 4.40. The van der Waals surface area contributed by atoms with E-state index in [4.69, 9.17) is 5.11 Å². The van der Waals surface area contributed by atoms with Crippen molar-refractivity contribution < 1.29 is 9.90 Å². The van der Waals surface area contributed by atoms with Crippen molar-refractivity contribution in [2.75, 3.05) is 0 Å². The van der Waals surface area contributed by atoms with E-state index in [-0.39, 0.29) is 5.92 Å².